The standard InChI is InChI=1S/C21H25NO5/c1-15-7-5-6-8-17(15)13-22(14-21(24)27-4)20(23)11-16-9-10-18(25-2)12-19(16)26-3/h5-10,12H,11,13-14H2,1-4H3. The van der Waals surface area contributed by atoms with E-state index in [0.29, 0.717) is 18.0 Å². The third-order valence-electron chi connectivity index (χ3n) is 4.36. The van der Waals surface area contributed by atoms with Crippen LogP contribution in [0, 0.1) is 6.92 Å². The monoisotopic (exact) mass is 371 g/mol. The lowest BCUT2D eigenvalue weighted by Crippen LogP contribution is -2.37. The Bertz CT molecular complexity index is 803. The van der Waals surface area contributed by atoms with E-state index in [4.69, 9.17) is 14.2 Å². The number of aryl methyl sites for hydroxylation is 1. The van der Waals surface area contributed by atoms with Gasteiger partial charge in [0.15, 0.2) is 0 Å². The summed E-state index contributed by atoms with van der Waals surface area (Å²) in [5, 5.41) is 0. The Hall–Kier alpha value is -3.02. The van der Waals surface area contributed by atoms with Crippen LogP contribution in [0.4, 0.5) is 0 Å². The first-order valence-corrected chi connectivity index (χ1v) is 8.58. The fourth-order valence-corrected chi connectivity index (χ4v) is 2.72. The number of rotatable bonds is 8. The highest BCUT2D eigenvalue weighted by Gasteiger charge is 2.20. The molecule has 2 aromatic carbocycles. The van der Waals surface area contributed by atoms with Crippen LogP contribution in [0.1, 0.15) is 16.7 Å². The Balaban J connectivity index is 2.23. The lowest BCUT2D eigenvalue weighted by molar-refractivity contribution is -0.147. The average Bonchev–Trinajstić information content (AvgIpc) is 2.69. The first-order chi connectivity index (χ1) is 13.0. The molecule has 0 aliphatic rings. The van der Waals surface area contributed by atoms with Crippen LogP contribution < -0.4 is 9.47 Å². The van der Waals surface area contributed by atoms with Crippen LogP contribution in [0.15, 0.2) is 42.5 Å². The Morgan fingerprint density at radius 2 is 1.70 bits per heavy atom. The molecule has 0 heterocycles. The topological polar surface area (TPSA) is 65.1 Å². The zero-order valence-corrected chi connectivity index (χ0v) is 16.2. The number of amides is 1. The number of methoxy groups -OCH3 is 3. The molecule has 0 radical (unpaired) electrons. The molecule has 0 aliphatic carbocycles. The lowest BCUT2D eigenvalue weighted by atomic mass is 10.1. The van der Waals surface area contributed by atoms with Crippen LogP contribution in [0.5, 0.6) is 11.5 Å². The van der Waals surface area contributed by atoms with Gasteiger partial charge < -0.3 is 19.1 Å². The lowest BCUT2D eigenvalue weighted by Gasteiger charge is -2.23. The summed E-state index contributed by atoms with van der Waals surface area (Å²) in [6.07, 6.45) is 0.107. The van der Waals surface area contributed by atoms with E-state index in [-0.39, 0.29) is 18.9 Å². The maximum absolute atomic E-state index is 12.9. The molecule has 0 atom stereocenters. The highest BCUT2D eigenvalue weighted by Crippen LogP contribution is 2.25. The number of hydrogen-bond acceptors (Lipinski definition) is 5. The van der Waals surface area contributed by atoms with Gasteiger partial charge in [-0.15, -0.1) is 0 Å². The first kappa shape index (κ1) is 20.3. The molecule has 2 rings (SSSR count). The Kier molecular flexibility index (Phi) is 7.23. The number of carbonyl (C=O) groups is 2. The third kappa shape index (κ3) is 5.48. The molecule has 0 saturated heterocycles. The van der Waals surface area contributed by atoms with Crippen LogP contribution in [0.3, 0.4) is 0 Å². The molecule has 0 spiro atoms. The van der Waals surface area contributed by atoms with Crippen molar-refractivity contribution in [3.63, 3.8) is 0 Å². The molecular formula is C21H25NO5. The predicted molar refractivity (Wildman–Crippen MR) is 102 cm³/mol. The molecule has 0 unspecified atom stereocenters. The van der Waals surface area contributed by atoms with E-state index < -0.39 is 5.97 Å². The molecule has 0 saturated carbocycles. The Morgan fingerprint density at radius 3 is 2.33 bits per heavy atom. The normalized spacial score (nSPS) is 10.2. The van der Waals surface area contributed by atoms with E-state index in [1.54, 1.807) is 32.4 Å². The quantitative estimate of drug-likeness (QED) is 0.668. The summed E-state index contributed by atoms with van der Waals surface area (Å²) < 4.78 is 15.3. The van der Waals surface area contributed by atoms with E-state index in [1.807, 2.05) is 31.2 Å². The van der Waals surface area contributed by atoms with Crippen LogP contribution in [0.25, 0.3) is 0 Å². The van der Waals surface area contributed by atoms with Crippen molar-refractivity contribution in [1.29, 1.82) is 0 Å². The van der Waals surface area contributed by atoms with E-state index in [0.717, 1.165) is 16.7 Å². The van der Waals surface area contributed by atoms with Crippen LogP contribution in [0.2, 0.25) is 0 Å². The zero-order valence-electron chi connectivity index (χ0n) is 16.2. The van der Waals surface area contributed by atoms with Crippen molar-refractivity contribution in [2.45, 2.75) is 19.9 Å². The van der Waals surface area contributed by atoms with Gasteiger partial charge in [0.2, 0.25) is 5.91 Å². The number of ether oxygens (including phenoxy) is 3. The van der Waals surface area contributed by atoms with Gasteiger partial charge in [-0.1, -0.05) is 30.3 Å². The number of esters is 1. The van der Waals surface area contributed by atoms with Crippen molar-refractivity contribution < 1.29 is 23.8 Å². The van der Waals surface area contributed by atoms with Gasteiger partial charge in [-0.2, -0.15) is 0 Å². The van der Waals surface area contributed by atoms with Gasteiger partial charge in [-0.05, 0) is 24.1 Å². The first-order valence-electron chi connectivity index (χ1n) is 8.58. The summed E-state index contributed by atoms with van der Waals surface area (Å²) in [6, 6.07) is 13.1. The highest BCUT2D eigenvalue weighted by atomic mass is 16.5. The minimum Gasteiger partial charge on any atom is -0.497 e. The van der Waals surface area contributed by atoms with Gasteiger partial charge in [0.25, 0.3) is 0 Å². The van der Waals surface area contributed by atoms with Crippen molar-refractivity contribution in [2.75, 3.05) is 27.9 Å². The minimum absolute atomic E-state index is 0.107. The summed E-state index contributed by atoms with van der Waals surface area (Å²) >= 11 is 0. The highest BCUT2D eigenvalue weighted by molar-refractivity contribution is 5.84. The molecule has 1 amide bonds. The fraction of sp³-hybridized carbons (Fsp3) is 0.333. The summed E-state index contributed by atoms with van der Waals surface area (Å²) in [6.45, 7) is 2.20. The molecule has 144 valence electrons. The number of nitrogens with zero attached hydrogens (tertiary/aromatic N) is 1. The van der Waals surface area contributed by atoms with Crippen LogP contribution >= 0.6 is 0 Å². The molecule has 27 heavy (non-hydrogen) atoms. The van der Waals surface area contributed by atoms with E-state index >= 15 is 0 Å². The van der Waals surface area contributed by atoms with Gasteiger partial charge in [-0.3, -0.25) is 9.59 Å². The summed E-state index contributed by atoms with van der Waals surface area (Å²) in [7, 11) is 4.42. The second-order valence-electron chi connectivity index (χ2n) is 6.11. The summed E-state index contributed by atoms with van der Waals surface area (Å²) in [5.41, 5.74) is 2.77. The van der Waals surface area contributed by atoms with Crippen molar-refractivity contribution in [1.82, 2.24) is 4.90 Å². The molecular weight excluding hydrogens is 346 g/mol. The zero-order chi connectivity index (χ0) is 19.8. The number of carbonyl (C=O) groups excluding carboxylic acids is 2. The number of benzene rings is 2. The van der Waals surface area contributed by atoms with Gasteiger partial charge in [0.05, 0.1) is 27.8 Å². The SMILES string of the molecule is COC(=O)CN(Cc1ccccc1C)C(=O)Cc1ccc(OC)cc1OC. The Morgan fingerprint density at radius 1 is 0.963 bits per heavy atom. The van der Waals surface area contributed by atoms with Crippen LogP contribution in [-0.2, 0) is 27.3 Å². The van der Waals surface area contributed by atoms with E-state index in [1.165, 1.54) is 12.0 Å². The maximum atomic E-state index is 12.9. The molecule has 0 fully saturated rings. The summed E-state index contributed by atoms with van der Waals surface area (Å²) in [5.74, 6) is 0.566. The average molecular weight is 371 g/mol. The van der Waals surface area contributed by atoms with E-state index in [2.05, 4.69) is 0 Å². The largest absolute Gasteiger partial charge is 0.497 e. The van der Waals surface area contributed by atoms with Gasteiger partial charge in [-0.25, -0.2) is 0 Å². The minimum atomic E-state index is -0.460. The molecule has 0 N–H and O–H groups in total. The van der Waals surface area contributed by atoms with Crippen LogP contribution in [-0.4, -0.2) is 44.7 Å². The molecule has 2 aromatic rings. The van der Waals surface area contributed by atoms with Crippen molar-refractivity contribution in [3.8, 4) is 11.5 Å². The molecule has 6 heteroatoms. The molecule has 0 aromatic heterocycles. The van der Waals surface area contributed by atoms with Crippen molar-refractivity contribution in [3.05, 3.63) is 59.2 Å². The van der Waals surface area contributed by atoms with Crippen molar-refractivity contribution in [2.24, 2.45) is 0 Å². The van der Waals surface area contributed by atoms with Gasteiger partial charge in [0.1, 0.15) is 18.0 Å². The third-order valence-corrected chi connectivity index (χ3v) is 4.36. The molecule has 6 nitrogen and oxygen atoms in total. The predicted octanol–water partition coefficient (Wildman–Crippen LogP) is 2.76. The maximum Gasteiger partial charge on any atom is 0.325 e. The van der Waals surface area contributed by atoms with Crippen molar-refractivity contribution >= 4 is 11.9 Å². The number of hydrogen-bond donors (Lipinski definition) is 0. The smallest absolute Gasteiger partial charge is 0.325 e. The second-order valence-corrected chi connectivity index (χ2v) is 6.11. The fourth-order valence-electron chi connectivity index (χ4n) is 2.72. The summed E-state index contributed by atoms with van der Waals surface area (Å²) in [4.78, 5) is 26.2. The second kappa shape index (κ2) is 9.62. The molecule has 0 aliphatic heterocycles. The van der Waals surface area contributed by atoms with Gasteiger partial charge >= 0.3 is 5.97 Å². The Labute approximate surface area is 159 Å². The van der Waals surface area contributed by atoms with E-state index in [9.17, 15) is 9.59 Å². The van der Waals surface area contributed by atoms with Gasteiger partial charge in [0, 0.05) is 18.2 Å². The molecule has 0 bridgehead atoms.